The molecule has 3 fully saturated rings. The molecule has 0 bridgehead atoms. The number of benzene rings is 1. The highest BCUT2D eigenvalue weighted by atomic mass is 16.5. The van der Waals surface area contributed by atoms with Crippen LogP contribution in [0.2, 0.25) is 0 Å². The molecule has 2 aliphatic carbocycles. The molecule has 2 unspecified atom stereocenters. The lowest BCUT2D eigenvalue weighted by atomic mass is 9.84. The number of hydrogen-bond donors (Lipinski definition) is 2. The standard InChI is InChI=1S/C26H34N4O3/c27-20-10-8-19(9-11-20)26(32)30-13-12-21(15-22(30)14-17-4-2-1-3-5-17)28-25(31)23-16-24(33-29-23)18-6-7-18/h1-5,16,18-22H,6-15,27H2,(H,28,31). The van der Waals surface area contributed by atoms with E-state index in [0.717, 1.165) is 63.5 Å². The van der Waals surface area contributed by atoms with Crippen molar-refractivity contribution >= 4 is 11.8 Å². The molecule has 2 saturated carbocycles. The van der Waals surface area contributed by atoms with Gasteiger partial charge >= 0.3 is 0 Å². The number of carbonyl (C=O) groups excluding carboxylic acids is 2. The first-order chi connectivity index (χ1) is 16.1. The molecule has 7 nitrogen and oxygen atoms in total. The van der Waals surface area contributed by atoms with Crippen LogP contribution in [-0.2, 0) is 11.2 Å². The fraction of sp³-hybridized carbons (Fsp3) is 0.577. The number of amides is 2. The smallest absolute Gasteiger partial charge is 0.273 e. The van der Waals surface area contributed by atoms with Gasteiger partial charge in [-0.1, -0.05) is 35.5 Å². The summed E-state index contributed by atoms with van der Waals surface area (Å²) in [4.78, 5) is 28.3. The molecule has 2 aromatic rings. The van der Waals surface area contributed by atoms with E-state index in [0.29, 0.717) is 18.2 Å². The molecule has 2 atom stereocenters. The maximum atomic E-state index is 13.5. The molecular formula is C26H34N4O3. The lowest BCUT2D eigenvalue weighted by molar-refractivity contribution is -0.140. The zero-order valence-electron chi connectivity index (χ0n) is 19.1. The van der Waals surface area contributed by atoms with E-state index in [-0.39, 0.29) is 35.9 Å². The van der Waals surface area contributed by atoms with Crippen molar-refractivity contribution in [3.05, 3.63) is 53.4 Å². The number of carbonyl (C=O) groups is 2. The predicted molar refractivity (Wildman–Crippen MR) is 125 cm³/mol. The Morgan fingerprint density at radius 2 is 1.82 bits per heavy atom. The van der Waals surface area contributed by atoms with Crippen molar-refractivity contribution in [3.63, 3.8) is 0 Å². The molecular weight excluding hydrogens is 416 g/mol. The van der Waals surface area contributed by atoms with Crippen LogP contribution < -0.4 is 11.1 Å². The van der Waals surface area contributed by atoms with Gasteiger partial charge in [0.05, 0.1) is 0 Å². The number of piperidine rings is 1. The van der Waals surface area contributed by atoms with Gasteiger partial charge in [0, 0.05) is 42.6 Å². The molecule has 1 saturated heterocycles. The van der Waals surface area contributed by atoms with E-state index in [1.165, 1.54) is 5.56 Å². The largest absolute Gasteiger partial charge is 0.360 e. The fourth-order valence-electron chi connectivity index (χ4n) is 5.37. The second kappa shape index (κ2) is 9.67. The summed E-state index contributed by atoms with van der Waals surface area (Å²) in [6.07, 6.45) is 8.11. The molecule has 5 rings (SSSR count). The Hall–Kier alpha value is -2.67. The summed E-state index contributed by atoms with van der Waals surface area (Å²) in [5.41, 5.74) is 7.63. The second-order valence-electron chi connectivity index (χ2n) is 10.1. The Kier molecular flexibility index (Phi) is 6.49. The Morgan fingerprint density at radius 1 is 1.06 bits per heavy atom. The molecule has 1 aromatic carbocycles. The lowest BCUT2D eigenvalue weighted by Gasteiger charge is -2.42. The molecule has 2 heterocycles. The van der Waals surface area contributed by atoms with Crippen LogP contribution in [0.4, 0.5) is 0 Å². The van der Waals surface area contributed by atoms with Crippen LogP contribution in [-0.4, -0.2) is 46.5 Å². The van der Waals surface area contributed by atoms with E-state index in [1.54, 1.807) is 6.07 Å². The van der Waals surface area contributed by atoms with Crippen molar-refractivity contribution in [3.8, 4) is 0 Å². The van der Waals surface area contributed by atoms with Crippen molar-refractivity contribution in [2.75, 3.05) is 6.54 Å². The fourth-order valence-corrected chi connectivity index (χ4v) is 5.37. The number of hydrogen-bond acceptors (Lipinski definition) is 5. The molecule has 2 amide bonds. The summed E-state index contributed by atoms with van der Waals surface area (Å²) in [5, 5.41) is 7.13. The van der Waals surface area contributed by atoms with Crippen LogP contribution in [0.5, 0.6) is 0 Å². The molecule has 3 aliphatic rings. The molecule has 0 spiro atoms. The summed E-state index contributed by atoms with van der Waals surface area (Å²) >= 11 is 0. The zero-order valence-corrected chi connectivity index (χ0v) is 19.1. The third kappa shape index (κ3) is 5.29. The Balaban J connectivity index is 1.26. The van der Waals surface area contributed by atoms with Crippen LogP contribution in [0.15, 0.2) is 40.9 Å². The monoisotopic (exact) mass is 450 g/mol. The van der Waals surface area contributed by atoms with Gasteiger partial charge in [-0.3, -0.25) is 9.59 Å². The number of nitrogens with zero attached hydrogens (tertiary/aromatic N) is 2. The Labute approximate surface area is 195 Å². The van der Waals surface area contributed by atoms with Crippen LogP contribution >= 0.6 is 0 Å². The maximum Gasteiger partial charge on any atom is 0.273 e. The summed E-state index contributed by atoms with van der Waals surface area (Å²) in [6.45, 7) is 0.663. The first-order valence-corrected chi connectivity index (χ1v) is 12.4. The first-order valence-electron chi connectivity index (χ1n) is 12.4. The summed E-state index contributed by atoms with van der Waals surface area (Å²) in [6, 6.07) is 12.4. The first kappa shape index (κ1) is 22.1. The second-order valence-corrected chi connectivity index (χ2v) is 10.1. The van der Waals surface area contributed by atoms with Gasteiger partial charge in [-0.25, -0.2) is 0 Å². The summed E-state index contributed by atoms with van der Waals surface area (Å²) < 4.78 is 5.35. The van der Waals surface area contributed by atoms with Gasteiger partial charge in [-0.2, -0.15) is 0 Å². The number of nitrogens with one attached hydrogen (secondary N) is 1. The van der Waals surface area contributed by atoms with Gasteiger partial charge in [0.1, 0.15) is 5.76 Å². The van der Waals surface area contributed by atoms with E-state index in [1.807, 2.05) is 18.2 Å². The quantitative estimate of drug-likeness (QED) is 0.702. The van der Waals surface area contributed by atoms with Gasteiger partial charge in [0.25, 0.3) is 5.91 Å². The highest BCUT2D eigenvalue weighted by molar-refractivity contribution is 5.92. The van der Waals surface area contributed by atoms with Gasteiger partial charge in [-0.05, 0) is 63.4 Å². The molecule has 7 heteroatoms. The third-order valence-electron chi connectivity index (χ3n) is 7.51. The zero-order chi connectivity index (χ0) is 22.8. The van der Waals surface area contributed by atoms with Gasteiger partial charge in [0.2, 0.25) is 5.91 Å². The van der Waals surface area contributed by atoms with Crippen molar-refractivity contribution in [2.24, 2.45) is 11.7 Å². The molecule has 176 valence electrons. The lowest BCUT2D eigenvalue weighted by Crippen LogP contribution is -2.54. The minimum absolute atomic E-state index is 0.0103. The molecule has 1 aliphatic heterocycles. The normalized spacial score (nSPS) is 27.8. The molecule has 1 aromatic heterocycles. The molecule has 3 N–H and O–H groups in total. The van der Waals surface area contributed by atoms with Crippen molar-refractivity contribution < 1.29 is 14.1 Å². The average molecular weight is 451 g/mol. The van der Waals surface area contributed by atoms with Crippen LogP contribution in [0, 0.1) is 5.92 Å². The summed E-state index contributed by atoms with van der Waals surface area (Å²) in [7, 11) is 0. The van der Waals surface area contributed by atoms with E-state index in [2.05, 4.69) is 27.5 Å². The van der Waals surface area contributed by atoms with Crippen LogP contribution in [0.3, 0.4) is 0 Å². The highest BCUT2D eigenvalue weighted by Gasteiger charge is 2.37. The minimum Gasteiger partial charge on any atom is -0.360 e. The van der Waals surface area contributed by atoms with Gasteiger partial charge in [0.15, 0.2) is 5.69 Å². The van der Waals surface area contributed by atoms with Crippen LogP contribution in [0.1, 0.15) is 79.1 Å². The Bertz CT molecular complexity index is 963. The average Bonchev–Trinajstić information content (AvgIpc) is 3.56. The topological polar surface area (TPSA) is 101 Å². The van der Waals surface area contributed by atoms with Crippen LogP contribution in [0.25, 0.3) is 0 Å². The van der Waals surface area contributed by atoms with Gasteiger partial charge < -0.3 is 20.5 Å². The van der Waals surface area contributed by atoms with E-state index in [4.69, 9.17) is 10.3 Å². The predicted octanol–water partition coefficient (Wildman–Crippen LogP) is 3.40. The van der Waals surface area contributed by atoms with Crippen molar-refractivity contribution in [1.29, 1.82) is 0 Å². The molecule has 0 radical (unpaired) electrons. The van der Waals surface area contributed by atoms with E-state index < -0.39 is 0 Å². The third-order valence-corrected chi connectivity index (χ3v) is 7.51. The number of rotatable bonds is 6. The summed E-state index contributed by atoms with van der Waals surface area (Å²) in [5.74, 6) is 1.39. The van der Waals surface area contributed by atoms with Crippen molar-refractivity contribution in [2.45, 2.75) is 81.8 Å². The minimum atomic E-state index is -0.185. The van der Waals surface area contributed by atoms with Crippen molar-refractivity contribution in [1.82, 2.24) is 15.4 Å². The van der Waals surface area contributed by atoms with E-state index >= 15 is 0 Å². The van der Waals surface area contributed by atoms with Gasteiger partial charge in [-0.15, -0.1) is 0 Å². The molecule has 33 heavy (non-hydrogen) atoms. The number of aromatic nitrogens is 1. The number of nitrogens with two attached hydrogens (primary N) is 1. The highest BCUT2D eigenvalue weighted by Crippen LogP contribution is 2.40. The Morgan fingerprint density at radius 3 is 2.55 bits per heavy atom. The van der Waals surface area contributed by atoms with E-state index in [9.17, 15) is 9.59 Å². The number of likely N-dealkylation sites (tertiary alicyclic amines) is 1. The maximum absolute atomic E-state index is 13.5. The SMILES string of the molecule is NC1CCC(C(=O)N2CCC(NC(=O)c3cc(C4CC4)on3)CC2Cc2ccccc2)CC1.